The monoisotopic (exact) mass is 565 g/mol. The molecule has 0 spiro atoms. The highest BCUT2D eigenvalue weighted by Gasteiger charge is 2.43. The predicted octanol–water partition coefficient (Wildman–Crippen LogP) is 6.14. The Balaban J connectivity index is 2.72. The quantitative estimate of drug-likeness (QED) is 0.321. The highest BCUT2D eigenvalue weighted by atomic mass is 16.6. The molecule has 41 heavy (non-hydrogen) atoms. The van der Waals surface area contributed by atoms with Crippen LogP contribution in [0.3, 0.4) is 0 Å². The normalized spacial score (nSPS) is 13.5. The van der Waals surface area contributed by atoms with Gasteiger partial charge in [0.2, 0.25) is 11.8 Å². The van der Waals surface area contributed by atoms with Gasteiger partial charge >= 0.3 is 6.09 Å². The maximum Gasteiger partial charge on any atom is 0.408 e. The number of carbonyl (C=O) groups is 3. The molecule has 2 unspecified atom stereocenters. The first-order valence-electron chi connectivity index (χ1n) is 14.0. The van der Waals surface area contributed by atoms with Crippen molar-refractivity contribution in [2.24, 2.45) is 0 Å². The predicted molar refractivity (Wildman–Crippen MR) is 163 cm³/mol. The third-order valence-corrected chi connectivity index (χ3v) is 6.59. The molecule has 2 atom stereocenters. The number of alkyl carbamates (subject to hydrolysis) is 1. The fourth-order valence-electron chi connectivity index (χ4n) is 4.34. The summed E-state index contributed by atoms with van der Waals surface area (Å²) in [5, 5.41) is 15.6. The molecule has 2 aromatic carbocycles. The minimum absolute atomic E-state index is 0.0893. The Morgan fingerprint density at radius 2 is 1.61 bits per heavy atom. The van der Waals surface area contributed by atoms with Gasteiger partial charge in [-0.05, 0) is 96.7 Å². The first-order valence-corrected chi connectivity index (χ1v) is 14.0. The minimum Gasteiger partial charge on any atom is -0.508 e. The molecule has 8 nitrogen and oxygen atoms in total. The van der Waals surface area contributed by atoms with Crippen LogP contribution in [0.4, 0.5) is 4.79 Å². The van der Waals surface area contributed by atoms with Gasteiger partial charge < -0.3 is 25.4 Å². The van der Waals surface area contributed by atoms with E-state index in [1.54, 1.807) is 43.9 Å². The minimum atomic E-state index is -1.06. The zero-order chi connectivity index (χ0) is 31.2. The molecule has 3 amide bonds. The number of phenolic OH excluding ortho intramolecular Hbond substituents is 1. The number of hydrogen-bond donors (Lipinski definition) is 3. The molecular weight excluding hydrogens is 518 g/mol. The van der Waals surface area contributed by atoms with E-state index in [4.69, 9.17) is 4.74 Å². The standard InChI is InChI=1S/C33H47N3O5/c1-11-22-14-13-15-24(20-22)27(28(38)35-31(3,4)5)36(33(9,10)12-2)29(39)26(34-30(40)41-32(6,7)8)21-23-16-18-25(37)19-17-23/h11,13-20,26-27,37H,1,12,21H2,2-10H3,(H,34,40)(H,35,38). The molecule has 0 aromatic heterocycles. The van der Waals surface area contributed by atoms with E-state index >= 15 is 0 Å². The SMILES string of the molecule is C=Cc1cccc(C(C(=O)NC(C)(C)C)N(C(=O)C(Cc2ccc(O)cc2)NC(=O)OC(C)(C)C)C(C)(C)CC)c1. The molecule has 224 valence electrons. The molecule has 8 heteroatoms. The lowest BCUT2D eigenvalue weighted by atomic mass is 9.90. The Kier molecular flexibility index (Phi) is 10.8. The summed E-state index contributed by atoms with van der Waals surface area (Å²) in [6.45, 7) is 20.5. The van der Waals surface area contributed by atoms with Gasteiger partial charge in [-0.1, -0.05) is 49.9 Å². The number of benzene rings is 2. The van der Waals surface area contributed by atoms with Crippen molar-refractivity contribution in [1.82, 2.24) is 15.5 Å². The molecule has 0 radical (unpaired) electrons. The van der Waals surface area contributed by atoms with Gasteiger partial charge in [-0.15, -0.1) is 0 Å². The van der Waals surface area contributed by atoms with Crippen molar-refractivity contribution in [2.45, 2.75) is 104 Å². The molecule has 0 aliphatic carbocycles. The van der Waals surface area contributed by atoms with E-state index < -0.39 is 40.8 Å². The summed E-state index contributed by atoms with van der Waals surface area (Å²) in [4.78, 5) is 43.2. The zero-order valence-corrected chi connectivity index (χ0v) is 26.0. The molecule has 0 saturated heterocycles. The Hall–Kier alpha value is -3.81. The van der Waals surface area contributed by atoms with Crippen LogP contribution >= 0.6 is 0 Å². The lowest BCUT2D eigenvalue weighted by molar-refractivity contribution is -0.149. The molecule has 2 rings (SSSR count). The van der Waals surface area contributed by atoms with Crippen LogP contribution in [-0.2, 0) is 20.7 Å². The number of hydrogen-bond acceptors (Lipinski definition) is 5. The Morgan fingerprint density at radius 1 is 1.00 bits per heavy atom. The summed E-state index contributed by atoms with van der Waals surface area (Å²) in [5.41, 5.74) is 0.0280. The van der Waals surface area contributed by atoms with Gasteiger partial charge in [-0.2, -0.15) is 0 Å². The topological polar surface area (TPSA) is 108 Å². The lowest BCUT2D eigenvalue weighted by Gasteiger charge is -2.45. The second kappa shape index (κ2) is 13.2. The van der Waals surface area contributed by atoms with Crippen molar-refractivity contribution in [3.63, 3.8) is 0 Å². The zero-order valence-electron chi connectivity index (χ0n) is 26.0. The molecule has 0 aliphatic rings. The van der Waals surface area contributed by atoms with Gasteiger partial charge in [0, 0.05) is 17.5 Å². The van der Waals surface area contributed by atoms with Crippen molar-refractivity contribution >= 4 is 24.0 Å². The van der Waals surface area contributed by atoms with Crippen LogP contribution in [0.25, 0.3) is 6.08 Å². The summed E-state index contributed by atoms with van der Waals surface area (Å²) >= 11 is 0. The summed E-state index contributed by atoms with van der Waals surface area (Å²) in [5.74, 6) is -0.686. The summed E-state index contributed by atoms with van der Waals surface area (Å²) in [6, 6.07) is 11.8. The van der Waals surface area contributed by atoms with Crippen molar-refractivity contribution < 1.29 is 24.2 Å². The third kappa shape index (κ3) is 9.95. The second-order valence-electron chi connectivity index (χ2n) is 13.0. The van der Waals surface area contributed by atoms with Crippen molar-refractivity contribution in [3.05, 3.63) is 71.8 Å². The Labute approximate surface area is 245 Å². The molecule has 3 N–H and O–H groups in total. The van der Waals surface area contributed by atoms with E-state index in [-0.39, 0.29) is 18.1 Å². The molecule has 2 aromatic rings. The van der Waals surface area contributed by atoms with E-state index in [0.29, 0.717) is 12.0 Å². The molecule has 0 fully saturated rings. The summed E-state index contributed by atoms with van der Waals surface area (Å²) in [6.07, 6.45) is 1.61. The number of nitrogens with zero attached hydrogens (tertiary/aromatic N) is 1. The van der Waals surface area contributed by atoms with E-state index in [9.17, 15) is 19.5 Å². The van der Waals surface area contributed by atoms with Gasteiger partial charge in [0.25, 0.3) is 0 Å². The number of phenols is 1. The van der Waals surface area contributed by atoms with Crippen LogP contribution < -0.4 is 10.6 Å². The van der Waals surface area contributed by atoms with E-state index in [0.717, 1.165) is 11.1 Å². The molecule has 0 aliphatic heterocycles. The van der Waals surface area contributed by atoms with Crippen molar-refractivity contribution in [1.29, 1.82) is 0 Å². The van der Waals surface area contributed by atoms with Crippen molar-refractivity contribution in [3.8, 4) is 5.75 Å². The van der Waals surface area contributed by atoms with Gasteiger partial charge in [-0.3, -0.25) is 9.59 Å². The Morgan fingerprint density at radius 3 is 2.12 bits per heavy atom. The van der Waals surface area contributed by atoms with Crippen LogP contribution in [0.15, 0.2) is 55.1 Å². The van der Waals surface area contributed by atoms with Crippen molar-refractivity contribution in [2.75, 3.05) is 0 Å². The fraction of sp³-hybridized carbons (Fsp3) is 0.485. The number of ether oxygens (including phenoxy) is 1. The first-order chi connectivity index (χ1) is 18.9. The van der Waals surface area contributed by atoms with Crippen LogP contribution in [0, 0.1) is 0 Å². The van der Waals surface area contributed by atoms with Crippen LogP contribution in [0.2, 0.25) is 0 Å². The van der Waals surface area contributed by atoms with Crippen LogP contribution in [-0.4, -0.2) is 50.6 Å². The highest BCUT2D eigenvalue weighted by molar-refractivity contribution is 5.93. The number of nitrogens with one attached hydrogen (secondary N) is 2. The lowest BCUT2D eigenvalue weighted by Crippen LogP contribution is -2.60. The molecule has 0 bridgehead atoms. The molecule has 0 saturated carbocycles. The summed E-state index contributed by atoms with van der Waals surface area (Å²) < 4.78 is 5.50. The van der Waals surface area contributed by atoms with Gasteiger partial charge in [-0.25, -0.2) is 4.79 Å². The second-order valence-corrected chi connectivity index (χ2v) is 13.0. The van der Waals surface area contributed by atoms with E-state index in [1.165, 1.54) is 12.1 Å². The van der Waals surface area contributed by atoms with Gasteiger partial charge in [0.05, 0.1) is 0 Å². The largest absolute Gasteiger partial charge is 0.508 e. The maximum atomic E-state index is 14.7. The number of rotatable bonds is 10. The first kappa shape index (κ1) is 33.4. The van der Waals surface area contributed by atoms with Crippen LogP contribution in [0.1, 0.15) is 91.5 Å². The Bertz CT molecular complexity index is 1220. The highest BCUT2D eigenvalue weighted by Crippen LogP contribution is 2.33. The number of carbonyl (C=O) groups excluding carboxylic acids is 3. The maximum absolute atomic E-state index is 14.7. The number of aromatic hydroxyl groups is 1. The third-order valence-electron chi connectivity index (χ3n) is 6.59. The van der Waals surface area contributed by atoms with Gasteiger partial charge in [0.1, 0.15) is 23.4 Å². The average Bonchev–Trinajstić information content (AvgIpc) is 2.85. The van der Waals surface area contributed by atoms with E-state index in [2.05, 4.69) is 17.2 Å². The molecular formula is C33H47N3O5. The smallest absolute Gasteiger partial charge is 0.408 e. The average molecular weight is 566 g/mol. The van der Waals surface area contributed by atoms with E-state index in [1.807, 2.05) is 65.8 Å². The van der Waals surface area contributed by atoms with Crippen LogP contribution in [0.5, 0.6) is 5.75 Å². The number of amides is 3. The molecule has 0 heterocycles. The van der Waals surface area contributed by atoms with Gasteiger partial charge in [0.15, 0.2) is 0 Å². The fourth-order valence-corrected chi connectivity index (χ4v) is 4.34. The summed E-state index contributed by atoms with van der Waals surface area (Å²) in [7, 11) is 0.